The molecule has 2 heterocycles. The first kappa shape index (κ1) is 5.10. The van der Waals surface area contributed by atoms with Gasteiger partial charge in [0.1, 0.15) is 0 Å². The van der Waals surface area contributed by atoms with Gasteiger partial charge in [-0.05, 0) is 0 Å². The van der Waals surface area contributed by atoms with Crippen molar-refractivity contribution < 1.29 is 4.42 Å². The molecule has 0 atom stereocenters. The zero-order chi connectivity index (χ0) is 7.14. The summed E-state index contributed by atoms with van der Waals surface area (Å²) in [6, 6.07) is 1.30. The molecule has 0 bridgehead atoms. The predicted molar refractivity (Wildman–Crippen MR) is 32.5 cm³/mol. The molecule has 0 saturated carbocycles. The molecule has 52 valence electrons. The lowest BCUT2D eigenvalue weighted by molar-refractivity contribution is 0.623. The van der Waals surface area contributed by atoms with E-state index in [0.29, 0.717) is 5.71 Å². The summed E-state index contributed by atoms with van der Waals surface area (Å²) in [4.78, 5) is 10.5. The van der Waals surface area contributed by atoms with Crippen molar-refractivity contribution >= 4 is 11.7 Å². The van der Waals surface area contributed by atoms with Crippen LogP contribution in [0.2, 0.25) is 0 Å². The van der Waals surface area contributed by atoms with Gasteiger partial charge < -0.3 is 10.2 Å². The third-order valence-corrected chi connectivity index (χ3v) is 1.09. The van der Waals surface area contributed by atoms with Gasteiger partial charge in [0, 0.05) is 0 Å². The maximum absolute atomic E-state index is 10.5. The predicted octanol–water partition coefficient (Wildman–Crippen LogP) is -0.802. The van der Waals surface area contributed by atoms with Crippen LogP contribution in [0.5, 0.6) is 0 Å². The maximum Gasteiger partial charge on any atom is 0.312 e. The molecule has 10 heavy (non-hydrogen) atoms. The van der Waals surface area contributed by atoms with Crippen molar-refractivity contribution in [3.05, 3.63) is 16.4 Å². The normalized spacial score (nSPS) is 10.8. The fraction of sp³-hybridized carbons (Fsp3) is 0. The first-order valence-electron chi connectivity index (χ1n) is 2.60. The van der Waals surface area contributed by atoms with E-state index < -0.39 is 0 Å². The third-order valence-electron chi connectivity index (χ3n) is 1.09. The van der Waals surface area contributed by atoms with Crippen LogP contribution in [0.3, 0.4) is 0 Å². The van der Waals surface area contributed by atoms with E-state index in [0.717, 1.165) is 0 Å². The molecule has 6 nitrogen and oxygen atoms in total. The number of anilines is 1. The molecular formula is C4H4N4O2. The average Bonchev–Trinajstić information content (AvgIpc) is 2.21. The number of hydrogen-bond donors (Lipinski definition) is 2. The largest absolute Gasteiger partial charge is 0.404 e. The van der Waals surface area contributed by atoms with Crippen molar-refractivity contribution in [2.24, 2.45) is 0 Å². The summed E-state index contributed by atoms with van der Waals surface area (Å²) in [5.74, 6) is 0. The Kier molecular flexibility index (Phi) is 0.717. The summed E-state index contributed by atoms with van der Waals surface area (Å²) >= 11 is 0. The lowest BCUT2D eigenvalue weighted by Crippen LogP contribution is -2.00. The minimum absolute atomic E-state index is 0.0336. The highest BCUT2D eigenvalue weighted by molar-refractivity contribution is 5.32. The summed E-state index contributed by atoms with van der Waals surface area (Å²) in [6.07, 6.45) is 0. The number of nitrogens with one attached hydrogen (secondary N) is 1. The van der Waals surface area contributed by atoms with Crippen molar-refractivity contribution in [2.75, 3.05) is 5.73 Å². The number of nitrogen functional groups attached to an aromatic ring is 1. The molecule has 0 aromatic carbocycles. The van der Waals surface area contributed by atoms with Crippen LogP contribution in [0.15, 0.2) is 15.3 Å². The number of H-pyrrole nitrogens is 1. The summed E-state index contributed by atoms with van der Waals surface area (Å²) < 4.78 is 5.97. The SMILES string of the molecule is Nc1nn2[nH]c(=O)cc2o1. The maximum atomic E-state index is 10.5. The van der Waals surface area contributed by atoms with Crippen molar-refractivity contribution in [1.82, 2.24) is 14.8 Å². The van der Waals surface area contributed by atoms with Gasteiger partial charge in [-0.15, -0.1) is 4.63 Å². The first-order chi connectivity index (χ1) is 4.75. The molecule has 2 rings (SSSR count). The Bertz CT molecular complexity index is 373. The van der Waals surface area contributed by atoms with E-state index in [2.05, 4.69) is 10.2 Å². The third kappa shape index (κ3) is 0.524. The molecular weight excluding hydrogens is 136 g/mol. The fourth-order valence-electron chi connectivity index (χ4n) is 0.738. The second-order valence-electron chi connectivity index (χ2n) is 1.81. The number of rotatable bonds is 0. The van der Waals surface area contributed by atoms with Gasteiger partial charge in [0.25, 0.3) is 5.56 Å². The van der Waals surface area contributed by atoms with E-state index in [9.17, 15) is 4.79 Å². The van der Waals surface area contributed by atoms with E-state index in [-0.39, 0.29) is 11.6 Å². The lowest BCUT2D eigenvalue weighted by atomic mass is 10.7. The Morgan fingerprint density at radius 3 is 3.30 bits per heavy atom. The smallest absolute Gasteiger partial charge is 0.312 e. The Morgan fingerprint density at radius 2 is 2.60 bits per heavy atom. The van der Waals surface area contributed by atoms with Crippen LogP contribution in [-0.2, 0) is 0 Å². The molecule has 2 aromatic heterocycles. The number of nitrogens with zero attached hydrogens (tertiary/aromatic N) is 2. The molecule has 3 N–H and O–H groups in total. The molecule has 0 aliphatic carbocycles. The van der Waals surface area contributed by atoms with Crippen LogP contribution in [-0.4, -0.2) is 14.8 Å². The van der Waals surface area contributed by atoms with E-state index in [1.165, 1.54) is 10.7 Å². The minimum Gasteiger partial charge on any atom is -0.404 e. The van der Waals surface area contributed by atoms with Gasteiger partial charge >= 0.3 is 6.01 Å². The molecule has 0 radical (unpaired) electrons. The molecule has 0 aliphatic rings. The van der Waals surface area contributed by atoms with Gasteiger partial charge in [-0.2, -0.15) is 0 Å². The van der Waals surface area contributed by atoms with Crippen molar-refractivity contribution in [2.45, 2.75) is 0 Å². The van der Waals surface area contributed by atoms with Crippen LogP contribution in [0, 0.1) is 0 Å². The molecule has 0 spiro atoms. The molecule has 6 heteroatoms. The van der Waals surface area contributed by atoms with Crippen LogP contribution in [0.25, 0.3) is 5.71 Å². The number of nitrogens with two attached hydrogens (primary N) is 1. The van der Waals surface area contributed by atoms with E-state index in [1.807, 2.05) is 0 Å². The van der Waals surface area contributed by atoms with Gasteiger partial charge in [0.15, 0.2) is 0 Å². The van der Waals surface area contributed by atoms with Crippen LogP contribution < -0.4 is 11.3 Å². The Labute approximate surface area is 54.2 Å². The first-order valence-corrected chi connectivity index (χ1v) is 2.60. The molecule has 0 unspecified atom stereocenters. The number of hydrogen-bond acceptors (Lipinski definition) is 4. The van der Waals surface area contributed by atoms with Gasteiger partial charge in [0.05, 0.1) is 6.07 Å². The highest BCUT2D eigenvalue weighted by Gasteiger charge is 2.01. The topological polar surface area (TPSA) is 89.3 Å². The van der Waals surface area contributed by atoms with Crippen molar-refractivity contribution in [1.29, 1.82) is 0 Å². The van der Waals surface area contributed by atoms with Crippen LogP contribution in [0.1, 0.15) is 0 Å². The Hall–Kier alpha value is -1.72. The second-order valence-corrected chi connectivity index (χ2v) is 1.81. The quantitative estimate of drug-likeness (QED) is 0.501. The Balaban J connectivity index is 2.95. The van der Waals surface area contributed by atoms with Gasteiger partial charge in [-0.25, -0.2) is 5.10 Å². The zero-order valence-electron chi connectivity index (χ0n) is 4.87. The van der Waals surface area contributed by atoms with E-state index in [4.69, 9.17) is 10.2 Å². The monoisotopic (exact) mass is 140 g/mol. The molecule has 0 saturated heterocycles. The fourth-order valence-corrected chi connectivity index (χ4v) is 0.738. The summed E-state index contributed by atoms with van der Waals surface area (Å²) in [7, 11) is 0. The lowest BCUT2D eigenvalue weighted by Gasteiger charge is -1.71. The van der Waals surface area contributed by atoms with Crippen molar-refractivity contribution in [3.63, 3.8) is 0 Å². The summed E-state index contributed by atoms with van der Waals surface area (Å²) in [6.45, 7) is 0. The molecule has 0 amide bonds. The number of aromatic nitrogens is 3. The molecule has 0 fully saturated rings. The van der Waals surface area contributed by atoms with Gasteiger partial charge in [0.2, 0.25) is 5.71 Å². The zero-order valence-corrected chi connectivity index (χ0v) is 4.87. The summed E-state index contributed by atoms with van der Waals surface area (Å²) in [5.41, 5.74) is 5.23. The van der Waals surface area contributed by atoms with Gasteiger partial charge in [-0.3, -0.25) is 4.79 Å². The van der Waals surface area contributed by atoms with E-state index >= 15 is 0 Å². The van der Waals surface area contributed by atoms with Crippen molar-refractivity contribution in [3.8, 4) is 0 Å². The van der Waals surface area contributed by atoms with E-state index in [1.54, 1.807) is 0 Å². The minimum atomic E-state index is -0.258. The highest BCUT2D eigenvalue weighted by atomic mass is 16.4. The van der Waals surface area contributed by atoms with Crippen LogP contribution in [0.4, 0.5) is 6.01 Å². The average molecular weight is 140 g/mol. The highest BCUT2D eigenvalue weighted by Crippen LogP contribution is 2.01. The Morgan fingerprint density at radius 1 is 1.80 bits per heavy atom. The van der Waals surface area contributed by atoms with Gasteiger partial charge in [-0.1, -0.05) is 5.10 Å². The summed E-state index contributed by atoms with van der Waals surface area (Å²) in [5, 5.41) is 5.96. The standard InChI is InChI=1S/C4H4N4O2/c5-4-7-8-3(10-4)1-2(9)6-8/h1H,(H2,5,7)(H,6,9). The number of aromatic amines is 1. The number of fused-ring (bicyclic) bond motifs is 1. The molecule has 0 aliphatic heterocycles. The van der Waals surface area contributed by atoms with Crippen LogP contribution >= 0.6 is 0 Å². The molecule has 2 aromatic rings. The second kappa shape index (κ2) is 1.41.